The van der Waals surface area contributed by atoms with Crippen molar-refractivity contribution in [1.29, 1.82) is 0 Å². The molecule has 2 heteroatoms. The Hall–Kier alpha value is -1.15. The third-order valence-electron chi connectivity index (χ3n) is 3.87. The Morgan fingerprint density at radius 1 is 1.24 bits per heavy atom. The number of fused-ring (bicyclic) bond motifs is 3. The lowest BCUT2D eigenvalue weighted by molar-refractivity contribution is -0.115. The topological polar surface area (TPSA) is 17.1 Å². The maximum absolute atomic E-state index is 11.6. The van der Waals surface area contributed by atoms with Crippen molar-refractivity contribution in [2.75, 3.05) is 0 Å². The highest BCUT2D eigenvalue weighted by Crippen LogP contribution is 2.49. The first-order valence-electron chi connectivity index (χ1n) is 5.83. The fraction of sp³-hybridized carbons (Fsp3) is 0.267. The number of halogens is 1. The summed E-state index contributed by atoms with van der Waals surface area (Å²) in [5.41, 5.74) is 3.71. The lowest BCUT2D eigenvalue weighted by Crippen LogP contribution is -2.32. The lowest BCUT2D eigenvalue weighted by atomic mass is 9.65. The molecule has 0 bridgehead atoms. The molecule has 1 aromatic rings. The highest BCUT2D eigenvalue weighted by atomic mass is 79.9. The van der Waals surface area contributed by atoms with E-state index in [1.54, 1.807) is 6.08 Å². The Labute approximate surface area is 109 Å². The standard InChI is InChI=1S/C15H13BrO/c1-15-7-6-11(17)9-13(15)14(16)8-10-4-2-3-5-12(10)15/h2-5,8-9H,6-7H2,1H3. The Kier molecular flexibility index (Phi) is 2.37. The zero-order valence-electron chi connectivity index (χ0n) is 9.66. The van der Waals surface area contributed by atoms with Crippen LogP contribution in [-0.4, -0.2) is 5.78 Å². The van der Waals surface area contributed by atoms with Crippen LogP contribution in [-0.2, 0) is 10.2 Å². The molecule has 0 radical (unpaired) electrons. The van der Waals surface area contributed by atoms with E-state index in [0.29, 0.717) is 6.42 Å². The molecule has 1 aromatic carbocycles. The summed E-state index contributed by atoms with van der Waals surface area (Å²) in [4.78, 5) is 11.6. The van der Waals surface area contributed by atoms with Gasteiger partial charge in [-0.05, 0) is 35.3 Å². The van der Waals surface area contributed by atoms with Crippen molar-refractivity contribution in [2.24, 2.45) is 0 Å². The van der Waals surface area contributed by atoms with Crippen LogP contribution in [0.25, 0.3) is 6.08 Å². The Morgan fingerprint density at radius 2 is 2.00 bits per heavy atom. The molecule has 1 atom stereocenters. The number of allylic oxidation sites excluding steroid dienone is 3. The molecule has 3 rings (SSSR count). The summed E-state index contributed by atoms with van der Waals surface area (Å²) in [6, 6.07) is 8.44. The molecule has 0 N–H and O–H groups in total. The summed E-state index contributed by atoms with van der Waals surface area (Å²) in [6.07, 6.45) is 5.47. The molecule has 2 aliphatic rings. The van der Waals surface area contributed by atoms with E-state index in [0.717, 1.165) is 16.5 Å². The normalized spacial score (nSPS) is 26.8. The molecule has 86 valence electrons. The number of benzene rings is 1. The number of hydrogen-bond acceptors (Lipinski definition) is 1. The predicted octanol–water partition coefficient (Wildman–Crippen LogP) is 3.98. The lowest BCUT2D eigenvalue weighted by Gasteiger charge is -2.39. The maximum atomic E-state index is 11.6. The van der Waals surface area contributed by atoms with Gasteiger partial charge in [0, 0.05) is 16.3 Å². The molecular formula is C15H13BrO. The Bertz CT molecular complexity index is 568. The quantitative estimate of drug-likeness (QED) is 0.706. The molecule has 0 saturated carbocycles. The highest BCUT2D eigenvalue weighted by molar-refractivity contribution is 9.12. The molecule has 2 aliphatic carbocycles. The number of hydrogen-bond donors (Lipinski definition) is 0. The van der Waals surface area contributed by atoms with E-state index in [2.05, 4.69) is 53.2 Å². The van der Waals surface area contributed by atoms with Crippen molar-refractivity contribution in [1.82, 2.24) is 0 Å². The molecule has 0 aromatic heterocycles. The minimum atomic E-state index is -0.0158. The SMILES string of the molecule is CC12CCC(=O)C=C1C(Br)=Cc1ccccc12. The van der Waals surface area contributed by atoms with Gasteiger partial charge in [0.15, 0.2) is 5.78 Å². The smallest absolute Gasteiger partial charge is 0.156 e. The van der Waals surface area contributed by atoms with Crippen molar-refractivity contribution in [3.05, 3.63) is 51.5 Å². The zero-order chi connectivity index (χ0) is 12.0. The summed E-state index contributed by atoms with van der Waals surface area (Å²) < 4.78 is 1.05. The first kappa shape index (κ1) is 11.0. The van der Waals surface area contributed by atoms with Crippen LogP contribution in [0.4, 0.5) is 0 Å². The van der Waals surface area contributed by atoms with E-state index >= 15 is 0 Å². The molecule has 0 heterocycles. The number of carbonyl (C=O) groups is 1. The van der Waals surface area contributed by atoms with Crippen LogP contribution >= 0.6 is 15.9 Å². The average Bonchev–Trinajstić information content (AvgIpc) is 2.32. The van der Waals surface area contributed by atoms with E-state index in [4.69, 9.17) is 0 Å². The van der Waals surface area contributed by atoms with Gasteiger partial charge in [-0.3, -0.25) is 4.79 Å². The van der Waals surface area contributed by atoms with Crippen molar-refractivity contribution in [3.8, 4) is 0 Å². The van der Waals surface area contributed by atoms with Crippen molar-refractivity contribution in [3.63, 3.8) is 0 Å². The van der Waals surface area contributed by atoms with Crippen LogP contribution in [0.1, 0.15) is 30.9 Å². The van der Waals surface area contributed by atoms with E-state index in [1.807, 2.05) is 0 Å². The summed E-state index contributed by atoms with van der Waals surface area (Å²) in [7, 11) is 0. The van der Waals surface area contributed by atoms with E-state index in [9.17, 15) is 4.79 Å². The fourth-order valence-corrected chi connectivity index (χ4v) is 3.65. The Balaban J connectivity index is 2.29. The van der Waals surface area contributed by atoms with E-state index in [-0.39, 0.29) is 11.2 Å². The summed E-state index contributed by atoms with van der Waals surface area (Å²) in [5.74, 6) is 0.238. The van der Waals surface area contributed by atoms with Gasteiger partial charge in [0.2, 0.25) is 0 Å². The van der Waals surface area contributed by atoms with Gasteiger partial charge in [-0.2, -0.15) is 0 Å². The Morgan fingerprint density at radius 3 is 2.82 bits per heavy atom. The highest BCUT2D eigenvalue weighted by Gasteiger charge is 2.39. The maximum Gasteiger partial charge on any atom is 0.156 e. The van der Waals surface area contributed by atoms with Gasteiger partial charge in [-0.1, -0.05) is 47.1 Å². The fourth-order valence-electron chi connectivity index (χ4n) is 2.85. The molecule has 0 amide bonds. The van der Waals surface area contributed by atoms with Gasteiger partial charge in [0.1, 0.15) is 0 Å². The largest absolute Gasteiger partial charge is 0.295 e. The minimum Gasteiger partial charge on any atom is -0.295 e. The van der Waals surface area contributed by atoms with Crippen molar-refractivity contribution in [2.45, 2.75) is 25.2 Å². The van der Waals surface area contributed by atoms with Gasteiger partial charge in [0.25, 0.3) is 0 Å². The zero-order valence-corrected chi connectivity index (χ0v) is 11.3. The monoisotopic (exact) mass is 288 g/mol. The number of ketones is 1. The third kappa shape index (κ3) is 1.54. The van der Waals surface area contributed by atoms with E-state index in [1.165, 1.54) is 11.1 Å². The molecule has 0 fully saturated rings. The molecular weight excluding hydrogens is 276 g/mol. The molecule has 1 unspecified atom stereocenters. The van der Waals surface area contributed by atoms with Gasteiger partial charge in [-0.25, -0.2) is 0 Å². The van der Waals surface area contributed by atoms with Crippen molar-refractivity contribution < 1.29 is 4.79 Å². The molecule has 0 aliphatic heterocycles. The van der Waals surface area contributed by atoms with Gasteiger partial charge in [-0.15, -0.1) is 0 Å². The second-order valence-electron chi connectivity index (χ2n) is 4.94. The van der Waals surface area contributed by atoms with Crippen LogP contribution < -0.4 is 0 Å². The van der Waals surface area contributed by atoms with Crippen LogP contribution in [0.5, 0.6) is 0 Å². The molecule has 0 spiro atoms. The average molecular weight is 289 g/mol. The first-order chi connectivity index (χ1) is 8.11. The minimum absolute atomic E-state index is 0.0158. The summed E-state index contributed by atoms with van der Waals surface area (Å²) in [5, 5.41) is 0. The molecule has 1 nitrogen and oxygen atoms in total. The number of carbonyl (C=O) groups excluding carboxylic acids is 1. The second kappa shape index (κ2) is 3.67. The van der Waals surface area contributed by atoms with Gasteiger partial charge in [0.05, 0.1) is 0 Å². The first-order valence-corrected chi connectivity index (χ1v) is 6.63. The van der Waals surface area contributed by atoms with Crippen LogP contribution in [0, 0.1) is 0 Å². The van der Waals surface area contributed by atoms with Crippen LogP contribution in [0.3, 0.4) is 0 Å². The summed E-state index contributed by atoms with van der Waals surface area (Å²) in [6.45, 7) is 2.23. The van der Waals surface area contributed by atoms with Crippen molar-refractivity contribution >= 4 is 27.8 Å². The van der Waals surface area contributed by atoms with Gasteiger partial charge >= 0.3 is 0 Å². The molecule has 17 heavy (non-hydrogen) atoms. The van der Waals surface area contributed by atoms with E-state index < -0.39 is 0 Å². The van der Waals surface area contributed by atoms with Crippen LogP contribution in [0.15, 0.2) is 40.4 Å². The second-order valence-corrected chi connectivity index (χ2v) is 5.79. The summed E-state index contributed by atoms with van der Waals surface area (Å²) >= 11 is 3.60. The van der Waals surface area contributed by atoms with Crippen LogP contribution in [0.2, 0.25) is 0 Å². The third-order valence-corrected chi connectivity index (χ3v) is 4.52. The van der Waals surface area contributed by atoms with Gasteiger partial charge < -0.3 is 0 Å². The molecule has 0 saturated heterocycles. The predicted molar refractivity (Wildman–Crippen MR) is 73.0 cm³/mol. The number of rotatable bonds is 0.